The van der Waals surface area contributed by atoms with Crippen molar-refractivity contribution in [1.29, 1.82) is 0 Å². The number of esters is 1. The van der Waals surface area contributed by atoms with Gasteiger partial charge in [-0.05, 0) is 44.2 Å². The molecule has 7 nitrogen and oxygen atoms in total. The van der Waals surface area contributed by atoms with Crippen molar-refractivity contribution in [2.45, 2.75) is 37.9 Å². The first-order chi connectivity index (χ1) is 14.1. The molecule has 0 saturated heterocycles. The first-order valence-electron chi connectivity index (χ1n) is 9.48. The molecule has 1 aliphatic heterocycles. The molecule has 9 heteroatoms. The first-order valence-corrected chi connectivity index (χ1v) is 11.3. The lowest BCUT2D eigenvalue weighted by Gasteiger charge is -2.14. The van der Waals surface area contributed by atoms with E-state index in [9.17, 15) is 13.2 Å². The maximum Gasteiger partial charge on any atom is 0.340 e. The average molecular weight is 454 g/mol. The van der Waals surface area contributed by atoms with E-state index < -0.39 is 16.0 Å². The second-order valence-electron chi connectivity index (χ2n) is 7.14. The number of hydrogen-bond acceptors (Lipinski definition) is 6. The molecule has 1 unspecified atom stereocenters. The van der Waals surface area contributed by atoms with Gasteiger partial charge in [0.25, 0.3) is 0 Å². The Morgan fingerprint density at radius 3 is 2.67 bits per heavy atom. The summed E-state index contributed by atoms with van der Waals surface area (Å²) in [4.78, 5) is 12.6. The van der Waals surface area contributed by atoms with Crippen molar-refractivity contribution < 1.29 is 27.4 Å². The summed E-state index contributed by atoms with van der Waals surface area (Å²) in [7, 11) is -0.891. The number of halogens is 1. The van der Waals surface area contributed by atoms with E-state index in [0.29, 0.717) is 17.9 Å². The van der Waals surface area contributed by atoms with Crippen LogP contribution in [0.4, 0.5) is 0 Å². The fourth-order valence-electron chi connectivity index (χ4n) is 3.14. The van der Waals surface area contributed by atoms with Crippen molar-refractivity contribution in [3.8, 4) is 11.5 Å². The van der Waals surface area contributed by atoms with Gasteiger partial charge in [0, 0.05) is 31.6 Å². The number of fused-ring (bicyclic) bond motifs is 1. The molecule has 0 N–H and O–H groups in total. The van der Waals surface area contributed by atoms with Gasteiger partial charge in [0.15, 0.2) is 0 Å². The van der Waals surface area contributed by atoms with Crippen molar-refractivity contribution in [2.75, 3.05) is 20.7 Å². The van der Waals surface area contributed by atoms with Gasteiger partial charge in [-0.25, -0.2) is 17.5 Å². The van der Waals surface area contributed by atoms with Crippen molar-refractivity contribution in [1.82, 2.24) is 4.31 Å². The van der Waals surface area contributed by atoms with E-state index in [1.54, 1.807) is 0 Å². The molecule has 1 atom stereocenters. The fourth-order valence-corrected chi connectivity index (χ4v) is 4.26. The highest BCUT2D eigenvalue weighted by molar-refractivity contribution is 7.89. The minimum atomic E-state index is -3.71. The molecular weight excluding hydrogens is 430 g/mol. The molecule has 30 heavy (non-hydrogen) atoms. The lowest BCUT2D eigenvalue weighted by atomic mass is 10.1. The molecule has 0 aliphatic carbocycles. The first kappa shape index (κ1) is 22.4. The third kappa shape index (κ3) is 4.55. The third-order valence-corrected chi connectivity index (χ3v) is 6.81. The van der Waals surface area contributed by atoms with E-state index >= 15 is 0 Å². The van der Waals surface area contributed by atoms with Gasteiger partial charge in [0.2, 0.25) is 10.0 Å². The third-order valence-electron chi connectivity index (χ3n) is 4.67. The van der Waals surface area contributed by atoms with Crippen LogP contribution in [0, 0.1) is 0 Å². The Morgan fingerprint density at radius 1 is 1.27 bits per heavy atom. The van der Waals surface area contributed by atoms with Crippen LogP contribution in [0.3, 0.4) is 0 Å². The van der Waals surface area contributed by atoms with Crippen LogP contribution >= 0.6 is 11.6 Å². The molecule has 2 aromatic rings. The van der Waals surface area contributed by atoms with E-state index in [2.05, 4.69) is 0 Å². The molecule has 0 fully saturated rings. The maximum absolute atomic E-state index is 12.7. The zero-order chi connectivity index (χ0) is 22.1. The number of nitrogens with zero attached hydrogens (tertiary/aromatic N) is 1. The summed E-state index contributed by atoms with van der Waals surface area (Å²) >= 11 is 6.12. The largest absolute Gasteiger partial charge is 0.493 e. The molecule has 0 saturated carbocycles. The number of rotatable bonds is 7. The molecule has 1 aliphatic rings. The summed E-state index contributed by atoms with van der Waals surface area (Å²) in [5.41, 5.74) is 1.68. The topological polar surface area (TPSA) is 82.1 Å². The number of carbonyl (C=O) groups excluding carboxylic acids is 1. The highest BCUT2D eigenvalue weighted by atomic mass is 35.5. The Morgan fingerprint density at radius 2 is 2.00 bits per heavy atom. The Kier molecular flexibility index (Phi) is 6.59. The lowest BCUT2D eigenvalue weighted by molar-refractivity contribution is 0.0469. The Bertz CT molecular complexity index is 1070. The van der Waals surface area contributed by atoms with Crippen LogP contribution in [0.15, 0.2) is 35.2 Å². The van der Waals surface area contributed by atoms with Crippen LogP contribution in [-0.4, -0.2) is 45.5 Å². The van der Waals surface area contributed by atoms with Crippen molar-refractivity contribution in [3.05, 3.63) is 52.0 Å². The molecule has 3 rings (SSSR count). The minimum Gasteiger partial charge on any atom is -0.493 e. The molecule has 0 bridgehead atoms. The average Bonchev–Trinajstić information content (AvgIpc) is 3.05. The van der Waals surface area contributed by atoms with E-state index in [1.165, 1.54) is 32.3 Å². The summed E-state index contributed by atoms with van der Waals surface area (Å²) in [5.74, 6) is 0.638. The minimum absolute atomic E-state index is 0.0245. The van der Waals surface area contributed by atoms with Crippen LogP contribution in [0.1, 0.15) is 35.3 Å². The second kappa shape index (κ2) is 8.83. The van der Waals surface area contributed by atoms with E-state index in [4.69, 9.17) is 25.8 Å². The summed E-state index contributed by atoms with van der Waals surface area (Å²) in [5, 5.41) is 0.105. The molecule has 0 radical (unpaired) electrons. The monoisotopic (exact) mass is 453 g/mol. The van der Waals surface area contributed by atoms with Crippen LogP contribution in [-0.2, 0) is 27.8 Å². The summed E-state index contributed by atoms with van der Waals surface area (Å²) in [6, 6.07) is 7.65. The smallest absolute Gasteiger partial charge is 0.340 e. The predicted octanol–water partition coefficient (Wildman–Crippen LogP) is 3.67. The predicted molar refractivity (Wildman–Crippen MR) is 113 cm³/mol. The van der Waals surface area contributed by atoms with E-state index in [0.717, 1.165) is 22.0 Å². The lowest BCUT2D eigenvalue weighted by Crippen LogP contribution is -2.22. The molecule has 0 amide bonds. The van der Waals surface area contributed by atoms with Gasteiger partial charge in [-0.3, -0.25) is 0 Å². The van der Waals surface area contributed by atoms with Crippen LogP contribution in [0.5, 0.6) is 11.5 Å². The van der Waals surface area contributed by atoms with Gasteiger partial charge in [0.05, 0.1) is 22.1 Å². The van der Waals surface area contributed by atoms with E-state index in [-0.39, 0.29) is 28.2 Å². The van der Waals surface area contributed by atoms with Crippen LogP contribution in [0.2, 0.25) is 5.02 Å². The quantitative estimate of drug-likeness (QED) is 0.595. The molecule has 2 aromatic carbocycles. The summed E-state index contributed by atoms with van der Waals surface area (Å²) < 4.78 is 42.7. The number of carbonyl (C=O) groups is 1. The van der Waals surface area contributed by atoms with E-state index in [1.807, 2.05) is 26.0 Å². The van der Waals surface area contributed by atoms with Crippen molar-refractivity contribution in [3.63, 3.8) is 0 Å². The molecular formula is C21H24ClNO6S. The molecule has 0 spiro atoms. The molecule has 0 aromatic heterocycles. The molecule has 1 heterocycles. The number of sulfonamides is 1. The van der Waals surface area contributed by atoms with Gasteiger partial charge in [-0.2, -0.15) is 0 Å². The zero-order valence-electron chi connectivity index (χ0n) is 17.3. The van der Waals surface area contributed by atoms with Gasteiger partial charge in [0.1, 0.15) is 24.2 Å². The van der Waals surface area contributed by atoms with Crippen LogP contribution in [0.25, 0.3) is 0 Å². The fraction of sp³-hybridized carbons (Fsp3) is 0.381. The standard InChI is InChI=1S/C21H24ClNO6S/c1-5-27-19-9-14-8-13(2)29-20(14)10-15(19)12-28-21(24)17-11-16(6-7-18(17)22)30(25,26)23(3)4/h6-7,9-11,13H,5,8,12H2,1-4H3. The Labute approximate surface area is 181 Å². The van der Waals surface area contributed by atoms with Gasteiger partial charge < -0.3 is 14.2 Å². The SMILES string of the molecule is CCOc1cc2c(cc1COC(=O)c1cc(S(=O)(=O)N(C)C)ccc1Cl)OC(C)C2. The van der Waals surface area contributed by atoms with Crippen molar-refractivity contribution >= 4 is 27.6 Å². The number of benzene rings is 2. The molecule has 162 valence electrons. The second-order valence-corrected chi connectivity index (χ2v) is 9.70. The summed E-state index contributed by atoms with van der Waals surface area (Å²) in [6.07, 6.45) is 0.866. The number of ether oxygens (including phenoxy) is 3. The summed E-state index contributed by atoms with van der Waals surface area (Å²) in [6.45, 7) is 4.25. The Hall–Kier alpha value is -2.29. The van der Waals surface area contributed by atoms with Gasteiger partial charge in [-0.15, -0.1) is 0 Å². The zero-order valence-corrected chi connectivity index (χ0v) is 18.8. The maximum atomic E-state index is 12.7. The van der Waals surface area contributed by atoms with Crippen LogP contribution < -0.4 is 9.47 Å². The normalized spacial score (nSPS) is 15.6. The highest BCUT2D eigenvalue weighted by Crippen LogP contribution is 2.35. The number of hydrogen-bond donors (Lipinski definition) is 0. The van der Waals surface area contributed by atoms with Gasteiger partial charge >= 0.3 is 5.97 Å². The van der Waals surface area contributed by atoms with Crippen molar-refractivity contribution in [2.24, 2.45) is 0 Å². The highest BCUT2D eigenvalue weighted by Gasteiger charge is 2.24. The van der Waals surface area contributed by atoms with Gasteiger partial charge in [-0.1, -0.05) is 11.6 Å². The Balaban J connectivity index is 1.84.